The molecule has 1 aromatic heterocycles. The van der Waals surface area contributed by atoms with Crippen LogP contribution in [-0.4, -0.2) is 18.6 Å². The van der Waals surface area contributed by atoms with E-state index in [4.69, 9.17) is 5.73 Å². The van der Waals surface area contributed by atoms with Gasteiger partial charge in [0.1, 0.15) is 4.90 Å². The van der Waals surface area contributed by atoms with Gasteiger partial charge in [0, 0.05) is 17.4 Å². The number of aryl methyl sites for hydroxylation is 1. The molecule has 0 aliphatic heterocycles. The number of nitrogen functional groups attached to an aromatic ring is 1. The van der Waals surface area contributed by atoms with Gasteiger partial charge < -0.3 is 5.73 Å². The number of anilines is 2. The van der Waals surface area contributed by atoms with E-state index in [-0.39, 0.29) is 11.5 Å². The van der Waals surface area contributed by atoms with E-state index in [1.807, 2.05) is 6.92 Å². The zero-order chi connectivity index (χ0) is 15.6. The molecule has 0 bridgehead atoms. The third-order valence-corrected chi connectivity index (χ3v) is 4.05. The third-order valence-electron chi connectivity index (χ3n) is 2.70. The van der Waals surface area contributed by atoms with E-state index in [1.165, 1.54) is 6.07 Å². The van der Waals surface area contributed by atoms with Crippen LogP contribution in [0.5, 0.6) is 0 Å². The maximum Gasteiger partial charge on any atom is 0.266 e. The monoisotopic (exact) mass is 316 g/mol. The van der Waals surface area contributed by atoms with Gasteiger partial charge >= 0.3 is 0 Å². The van der Waals surface area contributed by atoms with Crippen molar-refractivity contribution in [3.63, 3.8) is 0 Å². The lowest BCUT2D eigenvalue weighted by Gasteiger charge is -2.07. The van der Waals surface area contributed by atoms with Crippen molar-refractivity contribution >= 4 is 21.5 Å². The summed E-state index contributed by atoms with van der Waals surface area (Å²) in [6.45, 7) is 1.95. The zero-order valence-corrected chi connectivity index (χ0v) is 12.0. The van der Waals surface area contributed by atoms with Gasteiger partial charge in [-0.2, -0.15) is 5.10 Å². The number of benzene rings is 1. The summed E-state index contributed by atoms with van der Waals surface area (Å²) < 4.78 is 53.1. The average molecular weight is 316 g/mol. The van der Waals surface area contributed by atoms with E-state index >= 15 is 0 Å². The fourth-order valence-corrected chi connectivity index (χ4v) is 2.90. The summed E-state index contributed by atoms with van der Waals surface area (Å²) in [5.41, 5.74) is 5.88. The summed E-state index contributed by atoms with van der Waals surface area (Å²) in [6.07, 6.45) is 1.54. The Morgan fingerprint density at radius 2 is 2.05 bits per heavy atom. The Morgan fingerprint density at radius 3 is 2.71 bits per heavy atom. The van der Waals surface area contributed by atoms with Crippen LogP contribution in [0.3, 0.4) is 0 Å². The van der Waals surface area contributed by atoms with Gasteiger partial charge in [0.15, 0.2) is 17.5 Å². The Hall–Kier alpha value is -2.16. The number of aromatic nitrogens is 2. The van der Waals surface area contributed by atoms with Crippen LogP contribution in [0, 0.1) is 11.6 Å². The van der Waals surface area contributed by atoms with Gasteiger partial charge in [0.25, 0.3) is 10.0 Å². The zero-order valence-electron chi connectivity index (χ0n) is 11.2. The number of aromatic amines is 1. The van der Waals surface area contributed by atoms with Crippen LogP contribution in [-0.2, 0) is 16.4 Å². The summed E-state index contributed by atoms with van der Waals surface area (Å²) in [5.74, 6) is -2.81. The molecule has 0 aliphatic rings. The predicted octanol–water partition coefficient (Wildman–Crippen LogP) is 2.02. The summed E-state index contributed by atoms with van der Waals surface area (Å²) in [7, 11) is -4.32. The predicted molar refractivity (Wildman–Crippen MR) is 74.2 cm³/mol. The van der Waals surface area contributed by atoms with Crippen molar-refractivity contribution in [2.24, 2.45) is 0 Å². The van der Waals surface area contributed by atoms with Crippen LogP contribution in [0.2, 0.25) is 0 Å². The van der Waals surface area contributed by atoms with Gasteiger partial charge in [-0.3, -0.25) is 9.82 Å². The molecule has 6 nitrogen and oxygen atoms in total. The van der Waals surface area contributed by atoms with E-state index < -0.39 is 26.6 Å². The highest BCUT2D eigenvalue weighted by molar-refractivity contribution is 7.92. The lowest BCUT2D eigenvalue weighted by Crippen LogP contribution is -2.16. The topological polar surface area (TPSA) is 101 Å². The molecule has 114 valence electrons. The number of nitrogens with two attached hydrogens (primary N) is 1. The molecule has 0 unspecified atom stereocenters. The molecule has 0 aliphatic carbocycles. The summed E-state index contributed by atoms with van der Waals surface area (Å²) in [5, 5.41) is 6.41. The molecule has 1 heterocycles. The van der Waals surface area contributed by atoms with Crippen molar-refractivity contribution in [1.82, 2.24) is 10.2 Å². The van der Waals surface area contributed by atoms with Gasteiger partial charge in [0.05, 0.1) is 0 Å². The number of hydrogen-bond acceptors (Lipinski definition) is 4. The largest absolute Gasteiger partial charge is 0.399 e. The highest BCUT2D eigenvalue weighted by atomic mass is 32.2. The normalized spacial score (nSPS) is 11.6. The minimum absolute atomic E-state index is 0.000632. The van der Waals surface area contributed by atoms with E-state index in [0.29, 0.717) is 12.5 Å². The number of halogens is 2. The second-order valence-corrected chi connectivity index (χ2v) is 6.10. The minimum atomic E-state index is -4.32. The van der Waals surface area contributed by atoms with Crippen LogP contribution in [0.15, 0.2) is 23.1 Å². The molecule has 4 N–H and O–H groups in total. The molecule has 9 heteroatoms. The van der Waals surface area contributed by atoms with Crippen molar-refractivity contribution in [1.29, 1.82) is 0 Å². The van der Waals surface area contributed by atoms with E-state index in [9.17, 15) is 17.2 Å². The van der Waals surface area contributed by atoms with Gasteiger partial charge in [-0.15, -0.1) is 0 Å². The first-order valence-corrected chi connectivity index (χ1v) is 7.63. The van der Waals surface area contributed by atoms with Crippen molar-refractivity contribution in [3.8, 4) is 0 Å². The lowest BCUT2D eigenvalue weighted by atomic mass is 10.2. The molecule has 0 atom stereocenters. The van der Waals surface area contributed by atoms with Gasteiger partial charge in [-0.1, -0.05) is 13.3 Å². The van der Waals surface area contributed by atoms with Crippen molar-refractivity contribution in [3.05, 3.63) is 35.5 Å². The molecule has 0 fully saturated rings. The maximum absolute atomic E-state index is 13.6. The fourth-order valence-electron chi connectivity index (χ4n) is 1.78. The second kappa shape index (κ2) is 5.68. The number of sulfonamides is 1. The first kappa shape index (κ1) is 15.2. The molecular formula is C12H14F2N4O2S. The molecular weight excluding hydrogens is 302 g/mol. The molecule has 21 heavy (non-hydrogen) atoms. The summed E-state index contributed by atoms with van der Waals surface area (Å²) >= 11 is 0. The van der Waals surface area contributed by atoms with Crippen molar-refractivity contribution in [2.75, 3.05) is 10.5 Å². The standard InChI is InChI=1S/C12H14F2N4O2S/c1-2-3-8-6-11(17-16-8)18-21(19,20)10-5-7(15)4-9(13)12(10)14/h4-6H,2-3,15H2,1H3,(H2,16,17,18). The van der Waals surface area contributed by atoms with Gasteiger partial charge in [-0.25, -0.2) is 17.2 Å². The van der Waals surface area contributed by atoms with Crippen molar-refractivity contribution in [2.45, 2.75) is 24.7 Å². The van der Waals surface area contributed by atoms with Gasteiger partial charge in [-0.05, 0) is 18.6 Å². The highest BCUT2D eigenvalue weighted by Crippen LogP contribution is 2.23. The van der Waals surface area contributed by atoms with Crippen molar-refractivity contribution < 1.29 is 17.2 Å². The highest BCUT2D eigenvalue weighted by Gasteiger charge is 2.23. The lowest BCUT2D eigenvalue weighted by molar-refractivity contribution is 0.486. The van der Waals surface area contributed by atoms with E-state index in [0.717, 1.165) is 18.2 Å². The van der Waals surface area contributed by atoms with Gasteiger partial charge in [0.2, 0.25) is 0 Å². The Kier molecular flexibility index (Phi) is 4.12. The number of H-pyrrole nitrogens is 1. The minimum Gasteiger partial charge on any atom is -0.399 e. The Labute approximate surface area is 120 Å². The molecule has 0 spiro atoms. The SMILES string of the molecule is CCCc1cc(NS(=O)(=O)c2cc(N)cc(F)c2F)n[nH]1. The summed E-state index contributed by atoms with van der Waals surface area (Å²) in [6, 6.07) is 3.05. The molecule has 0 saturated carbocycles. The average Bonchev–Trinajstić information content (AvgIpc) is 2.80. The first-order chi connectivity index (χ1) is 9.83. The third kappa shape index (κ3) is 3.30. The number of nitrogens with zero attached hydrogens (tertiary/aromatic N) is 1. The Balaban J connectivity index is 2.34. The molecule has 2 rings (SSSR count). The first-order valence-electron chi connectivity index (χ1n) is 6.15. The van der Waals surface area contributed by atoms with Crippen LogP contribution < -0.4 is 10.5 Å². The Bertz CT molecular complexity index is 759. The summed E-state index contributed by atoms with van der Waals surface area (Å²) in [4.78, 5) is -0.861. The van der Waals surface area contributed by atoms with Crippen LogP contribution in [0.4, 0.5) is 20.3 Å². The van der Waals surface area contributed by atoms with Crippen LogP contribution >= 0.6 is 0 Å². The second-order valence-electron chi connectivity index (χ2n) is 4.45. The fraction of sp³-hybridized carbons (Fsp3) is 0.250. The number of nitrogens with one attached hydrogen (secondary N) is 2. The molecule has 2 aromatic rings. The molecule has 0 amide bonds. The Morgan fingerprint density at radius 1 is 1.33 bits per heavy atom. The molecule has 1 aromatic carbocycles. The smallest absolute Gasteiger partial charge is 0.266 e. The van der Waals surface area contributed by atoms with E-state index in [2.05, 4.69) is 14.9 Å². The number of hydrogen-bond donors (Lipinski definition) is 3. The number of rotatable bonds is 5. The maximum atomic E-state index is 13.6. The molecule has 0 radical (unpaired) electrons. The van der Waals surface area contributed by atoms with Crippen LogP contribution in [0.1, 0.15) is 19.0 Å². The van der Waals surface area contributed by atoms with Crippen LogP contribution in [0.25, 0.3) is 0 Å². The quantitative estimate of drug-likeness (QED) is 0.735. The van der Waals surface area contributed by atoms with E-state index in [1.54, 1.807) is 0 Å². The molecule has 0 saturated heterocycles.